The summed E-state index contributed by atoms with van der Waals surface area (Å²) in [6.45, 7) is 0. The number of rotatable bonds is 1. The highest BCUT2D eigenvalue weighted by Gasteiger charge is 2.33. The summed E-state index contributed by atoms with van der Waals surface area (Å²) in [7, 11) is 3.93. The van der Waals surface area contributed by atoms with Gasteiger partial charge in [-0.05, 0) is 50.2 Å². The molecule has 0 bridgehead atoms. The predicted octanol–water partition coefficient (Wildman–Crippen LogP) is 3.22. The van der Waals surface area contributed by atoms with E-state index in [0.717, 1.165) is 22.9 Å². The van der Waals surface area contributed by atoms with Gasteiger partial charge in [-0.15, -0.1) is 0 Å². The maximum Gasteiger partial charge on any atom is 0.416 e. The summed E-state index contributed by atoms with van der Waals surface area (Å²) in [5.74, 6) is 0. The first-order chi connectivity index (χ1) is 8.86. The van der Waals surface area contributed by atoms with Crippen LogP contribution in [0.4, 0.5) is 13.2 Å². The van der Waals surface area contributed by atoms with Gasteiger partial charge in [0.15, 0.2) is 0 Å². The average Bonchev–Trinajstić information content (AvgIpc) is 2.72. The van der Waals surface area contributed by atoms with E-state index in [4.69, 9.17) is 0 Å². The molecule has 0 amide bonds. The lowest BCUT2D eigenvalue weighted by Crippen LogP contribution is -2.34. The number of aromatic amines is 1. The van der Waals surface area contributed by atoms with E-state index >= 15 is 0 Å². The fraction of sp³-hybridized carbons (Fsp3) is 0.429. The Kier molecular flexibility index (Phi) is 2.64. The van der Waals surface area contributed by atoms with Crippen molar-refractivity contribution in [2.24, 2.45) is 0 Å². The molecule has 0 radical (unpaired) electrons. The highest BCUT2D eigenvalue weighted by Crippen LogP contribution is 2.37. The molecule has 2 nitrogen and oxygen atoms in total. The Hall–Kier alpha value is -1.49. The SMILES string of the molecule is CN(C)C1Cc2c[nH]c3cc(C(F)(F)F)cc(c23)C1. The third-order valence-corrected chi connectivity index (χ3v) is 3.91. The molecule has 1 N–H and O–H groups in total. The fourth-order valence-electron chi connectivity index (χ4n) is 2.86. The highest BCUT2D eigenvalue weighted by molar-refractivity contribution is 5.88. The van der Waals surface area contributed by atoms with E-state index in [1.54, 1.807) is 0 Å². The van der Waals surface area contributed by atoms with Crippen LogP contribution in [-0.4, -0.2) is 30.0 Å². The molecular weight excluding hydrogens is 253 g/mol. The van der Waals surface area contributed by atoms with E-state index < -0.39 is 11.7 Å². The summed E-state index contributed by atoms with van der Waals surface area (Å²) in [5.41, 5.74) is 1.94. The van der Waals surface area contributed by atoms with Crippen LogP contribution in [0, 0.1) is 0 Å². The maximum absolute atomic E-state index is 12.9. The van der Waals surface area contributed by atoms with Gasteiger partial charge in [0.05, 0.1) is 5.56 Å². The summed E-state index contributed by atoms with van der Waals surface area (Å²) in [5, 5.41) is 0.978. The minimum absolute atomic E-state index is 0.259. The van der Waals surface area contributed by atoms with Crippen molar-refractivity contribution in [2.75, 3.05) is 14.1 Å². The Labute approximate surface area is 109 Å². The topological polar surface area (TPSA) is 19.0 Å². The highest BCUT2D eigenvalue weighted by atomic mass is 19.4. The van der Waals surface area contributed by atoms with Crippen molar-refractivity contribution in [1.29, 1.82) is 0 Å². The maximum atomic E-state index is 12.9. The normalized spacial score (nSPS) is 19.4. The molecule has 1 unspecified atom stereocenters. The molecule has 5 heteroatoms. The fourth-order valence-corrected chi connectivity index (χ4v) is 2.86. The molecular formula is C14H15F3N2. The molecule has 3 rings (SSSR count). The third kappa shape index (κ3) is 2.02. The van der Waals surface area contributed by atoms with Crippen LogP contribution in [-0.2, 0) is 19.0 Å². The molecule has 1 aliphatic rings. The largest absolute Gasteiger partial charge is 0.416 e. The van der Waals surface area contributed by atoms with E-state index in [9.17, 15) is 13.2 Å². The van der Waals surface area contributed by atoms with Crippen LogP contribution in [0.25, 0.3) is 10.9 Å². The van der Waals surface area contributed by atoms with Crippen molar-refractivity contribution in [1.82, 2.24) is 9.88 Å². The molecule has 1 atom stereocenters. The third-order valence-electron chi connectivity index (χ3n) is 3.91. The van der Waals surface area contributed by atoms with Crippen molar-refractivity contribution in [3.63, 3.8) is 0 Å². The lowest BCUT2D eigenvalue weighted by Gasteiger charge is -2.28. The standard InChI is InChI=1S/C14H15F3N2/c1-19(2)11-4-8-3-10(14(15,16)17)6-12-13(8)9(5-11)7-18-12/h3,6-7,11,18H,4-5H2,1-2H3. The van der Waals surface area contributed by atoms with Crippen molar-refractivity contribution in [3.8, 4) is 0 Å². The molecule has 0 saturated heterocycles. The molecule has 1 aromatic carbocycles. The van der Waals surface area contributed by atoms with Gasteiger partial charge in [-0.3, -0.25) is 0 Å². The average molecular weight is 268 g/mol. The Morgan fingerprint density at radius 1 is 1.16 bits per heavy atom. The van der Waals surface area contributed by atoms with E-state index in [1.807, 2.05) is 20.3 Å². The number of alkyl halides is 3. The Balaban J connectivity index is 2.17. The first kappa shape index (κ1) is 12.5. The van der Waals surface area contributed by atoms with Crippen LogP contribution in [0.5, 0.6) is 0 Å². The Morgan fingerprint density at radius 3 is 2.47 bits per heavy atom. The lowest BCUT2D eigenvalue weighted by molar-refractivity contribution is -0.137. The van der Waals surface area contributed by atoms with Gasteiger partial charge >= 0.3 is 6.18 Å². The number of nitrogens with one attached hydrogen (secondary N) is 1. The first-order valence-electron chi connectivity index (χ1n) is 6.23. The van der Waals surface area contributed by atoms with Gasteiger partial charge in [0, 0.05) is 23.1 Å². The van der Waals surface area contributed by atoms with Crippen molar-refractivity contribution in [2.45, 2.75) is 25.1 Å². The zero-order chi connectivity index (χ0) is 13.8. The molecule has 0 fully saturated rings. The number of H-pyrrole nitrogens is 1. The van der Waals surface area contributed by atoms with Crippen LogP contribution in [0.1, 0.15) is 16.7 Å². The quantitative estimate of drug-likeness (QED) is 0.841. The van der Waals surface area contributed by atoms with Gasteiger partial charge in [-0.25, -0.2) is 0 Å². The number of likely N-dealkylation sites (N-methyl/N-ethyl adjacent to an activating group) is 1. The molecule has 0 spiro atoms. The summed E-state index contributed by atoms with van der Waals surface area (Å²) < 4.78 is 38.7. The van der Waals surface area contributed by atoms with Gasteiger partial charge in [0.1, 0.15) is 0 Å². The monoisotopic (exact) mass is 268 g/mol. The van der Waals surface area contributed by atoms with Crippen molar-refractivity contribution < 1.29 is 13.2 Å². The van der Waals surface area contributed by atoms with Gasteiger partial charge < -0.3 is 9.88 Å². The number of hydrogen-bond donors (Lipinski definition) is 1. The molecule has 1 aromatic heterocycles. The van der Waals surface area contributed by atoms with Crippen LogP contribution in [0.3, 0.4) is 0 Å². The number of aromatic nitrogens is 1. The van der Waals surface area contributed by atoms with E-state index in [0.29, 0.717) is 11.9 Å². The van der Waals surface area contributed by atoms with E-state index in [-0.39, 0.29) is 6.04 Å². The predicted molar refractivity (Wildman–Crippen MR) is 68.2 cm³/mol. The van der Waals surface area contributed by atoms with E-state index in [1.165, 1.54) is 12.1 Å². The van der Waals surface area contributed by atoms with Crippen molar-refractivity contribution >= 4 is 10.9 Å². The second kappa shape index (κ2) is 4.00. The zero-order valence-corrected chi connectivity index (χ0v) is 10.8. The Bertz CT molecular complexity index is 625. The van der Waals surface area contributed by atoms with Gasteiger partial charge in [-0.2, -0.15) is 13.2 Å². The van der Waals surface area contributed by atoms with Gasteiger partial charge in [0.2, 0.25) is 0 Å². The van der Waals surface area contributed by atoms with Crippen LogP contribution < -0.4 is 0 Å². The molecule has 0 aliphatic heterocycles. The Morgan fingerprint density at radius 2 is 1.84 bits per heavy atom. The molecule has 2 aromatic rings. The van der Waals surface area contributed by atoms with Crippen LogP contribution >= 0.6 is 0 Å². The molecule has 1 aliphatic carbocycles. The molecule has 1 heterocycles. The summed E-state index contributed by atoms with van der Waals surface area (Å²) >= 11 is 0. The number of benzene rings is 1. The summed E-state index contributed by atoms with van der Waals surface area (Å²) in [6, 6.07) is 2.77. The molecule has 0 saturated carbocycles. The summed E-state index contributed by atoms with van der Waals surface area (Å²) in [4.78, 5) is 5.04. The molecule has 102 valence electrons. The lowest BCUT2D eigenvalue weighted by atomic mass is 9.87. The summed E-state index contributed by atoms with van der Waals surface area (Å²) in [6.07, 6.45) is -0.908. The van der Waals surface area contributed by atoms with E-state index in [2.05, 4.69) is 9.88 Å². The first-order valence-corrected chi connectivity index (χ1v) is 6.23. The number of nitrogens with zero attached hydrogens (tertiary/aromatic N) is 1. The van der Waals surface area contributed by atoms with Gasteiger partial charge in [0.25, 0.3) is 0 Å². The van der Waals surface area contributed by atoms with Crippen molar-refractivity contribution in [3.05, 3.63) is 35.0 Å². The number of hydrogen-bond acceptors (Lipinski definition) is 1. The molecule has 19 heavy (non-hydrogen) atoms. The van der Waals surface area contributed by atoms with Crippen LogP contribution in [0.2, 0.25) is 0 Å². The number of halogens is 3. The zero-order valence-electron chi connectivity index (χ0n) is 10.8. The van der Waals surface area contributed by atoms with Crippen LogP contribution in [0.15, 0.2) is 18.3 Å². The van der Waals surface area contributed by atoms with Gasteiger partial charge in [-0.1, -0.05) is 0 Å². The smallest absolute Gasteiger partial charge is 0.361 e. The minimum Gasteiger partial charge on any atom is -0.361 e. The second-order valence-electron chi connectivity index (χ2n) is 5.40. The minimum atomic E-state index is -4.29. The second-order valence-corrected chi connectivity index (χ2v) is 5.40.